The molecule has 222 valence electrons. The molecule has 2 aliphatic carbocycles. The Bertz CT molecular complexity index is 1310. The Morgan fingerprint density at radius 3 is 2.24 bits per heavy atom. The Kier molecular flexibility index (Phi) is 6.70. The van der Waals surface area contributed by atoms with E-state index in [1.807, 2.05) is 13.8 Å². The molecular weight excluding hydrogens is 530 g/mol. The first-order chi connectivity index (χ1) is 19.0. The molecule has 0 aromatic heterocycles. The zero-order valence-corrected chi connectivity index (χ0v) is 24.2. The molecule has 1 aromatic carbocycles. The van der Waals surface area contributed by atoms with Gasteiger partial charge in [-0.25, -0.2) is 0 Å². The van der Waals surface area contributed by atoms with Gasteiger partial charge in [0.15, 0.2) is 17.5 Å². The van der Waals surface area contributed by atoms with Crippen molar-refractivity contribution in [3.63, 3.8) is 0 Å². The van der Waals surface area contributed by atoms with Gasteiger partial charge < -0.3 is 24.8 Å². The van der Waals surface area contributed by atoms with Gasteiger partial charge in [0.1, 0.15) is 5.60 Å². The summed E-state index contributed by atoms with van der Waals surface area (Å²) in [5, 5.41) is 35.8. The van der Waals surface area contributed by atoms with Crippen LogP contribution in [0.15, 0.2) is 36.9 Å². The molecule has 8 atom stereocenters. The summed E-state index contributed by atoms with van der Waals surface area (Å²) in [5.41, 5.74) is -7.25. The van der Waals surface area contributed by atoms with Crippen molar-refractivity contribution in [3.8, 4) is 0 Å². The molecule has 10 heteroatoms. The van der Waals surface area contributed by atoms with Crippen LogP contribution in [-0.2, 0) is 19.1 Å². The van der Waals surface area contributed by atoms with Crippen LogP contribution in [0.3, 0.4) is 0 Å². The number of benzene rings is 1. The fourth-order valence-corrected chi connectivity index (χ4v) is 8.33. The van der Waals surface area contributed by atoms with Crippen LogP contribution in [0.25, 0.3) is 0 Å². The van der Waals surface area contributed by atoms with Crippen molar-refractivity contribution in [3.05, 3.63) is 48.0 Å². The van der Waals surface area contributed by atoms with E-state index in [2.05, 4.69) is 6.58 Å². The summed E-state index contributed by atoms with van der Waals surface area (Å²) < 4.78 is 12.3. The highest BCUT2D eigenvalue weighted by Crippen LogP contribution is 2.67. The van der Waals surface area contributed by atoms with Gasteiger partial charge in [-0.05, 0) is 44.2 Å². The topological polar surface area (TPSA) is 151 Å². The third kappa shape index (κ3) is 3.84. The number of nitrogens with zero attached hydrogens (tertiary/aromatic N) is 1. The molecule has 2 amide bonds. The number of imide groups is 1. The van der Waals surface area contributed by atoms with E-state index in [4.69, 9.17) is 9.47 Å². The van der Waals surface area contributed by atoms with Crippen LogP contribution in [0.5, 0.6) is 0 Å². The molecule has 3 fully saturated rings. The number of carbonyl (C=O) groups excluding carboxylic acids is 4. The molecule has 2 saturated carbocycles. The molecule has 0 radical (unpaired) electrons. The standard InChI is InChI=1S/C31H39NO9/c1-7-28(4)16-20(34)31(39)29(5)19(33)12-14-27(2,3)23(29)22(36)24(30(31,6)41-28)40-21(35)13-15-32-25(37)17-10-8-9-11-18(17)26(32)38/h7-11,19,22-24,33,36,39H,1,12-16H2,2-6H3/t19-,22?,23?,24?,28-,29?,30+,31-/m0/s1. The van der Waals surface area contributed by atoms with Crippen LogP contribution >= 0.6 is 0 Å². The molecule has 41 heavy (non-hydrogen) atoms. The predicted molar refractivity (Wildman–Crippen MR) is 146 cm³/mol. The molecule has 3 N–H and O–H groups in total. The monoisotopic (exact) mass is 569 g/mol. The van der Waals surface area contributed by atoms with Crippen molar-refractivity contribution in [1.29, 1.82) is 0 Å². The summed E-state index contributed by atoms with van der Waals surface area (Å²) in [6.45, 7) is 11.9. The van der Waals surface area contributed by atoms with Crippen LogP contribution in [0.1, 0.15) is 81.0 Å². The second-order valence-electron chi connectivity index (χ2n) is 13.3. The van der Waals surface area contributed by atoms with E-state index in [1.54, 1.807) is 38.1 Å². The van der Waals surface area contributed by atoms with Gasteiger partial charge in [0, 0.05) is 24.3 Å². The summed E-state index contributed by atoms with van der Waals surface area (Å²) in [6, 6.07) is 6.38. The van der Waals surface area contributed by atoms with Gasteiger partial charge in [-0.2, -0.15) is 0 Å². The van der Waals surface area contributed by atoms with Gasteiger partial charge in [0.2, 0.25) is 0 Å². The number of fused-ring (bicyclic) bond motifs is 4. The van der Waals surface area contributed by atoms with Crippen LogP contribution < -0.4 is 0 Å². The fraction of sp³-hybridized carbons (Fsp3) is 0.613. The molecule has 2 heterocycles. The Morgan fingerprint density at radius 1 is 1.10 bits per heavy atom. The van der Waals surface area contributed by atoms with Gasteiger partial charge in [-0.15, -0.1) is 6.58 Å². The molecule has 4 unspecified atom stereocenters. The first-order valence-corrected chi connectivity index (χ1v) is 14.1. The van der Waals surface area contributed by atoms with Crippen LogP contribution in [0.2, 0.25) is 0 Å². The van der Waals surface area contributed by atoms with E-state index in [9.17, 15) is 34.5 Å². The van der Waals surface area contributed by atoms with Gasteiger partial charge >= 0.3 is 5.97 Å². The van der Waals surface area contributed by atoms with Gasteiger partial charge in [0.25, 0.3) is 11.8 Å². The lowest BCUT2D eigenvalue weighted by atomic mass is 9.40. The van der Waals surface area contributed by atoms with Crippen LogP contribution in [0.4, 0.5) is 0 Å². The Balaban J connectivity index is 1.49. The summed E-state index contributed by atoms with van der Waals surface area (Å²) >= 11 is 0. The van der Waals surface area contributed by atoms with Crippen molar-refractivity contribution in [2.75, 3.05) is 6.54 Å². The predicted octanol–water partition coefficient (Wildman–Crippen LogP) is 2.19. The van der Waals surface area contributed by atoms with E-state index >= 15 is 0 Å². The lowest BCUT2D eigenvalue weighted by Gasteiger charge is -2.71. The molecule has 1 aromatic rings. The number of carbonyl (C=O) groups is 4. The van der Waals surface area contributed by atoms with Gasteiger partial charge in [-0.3, -0.25) is 24.1 Å². The average molecular weight is 570 g/mol. The number of esters is 1. The lowest BCUT2D eigenvalue weighted by molar-refractivity contribution is -0.370. The summed E-state index contributed by atoms with van der Waals surface area (Å²) in [7, 11) is 0. The number of amides is 2. The second-order valence-corrected chi connectivity index (χ2v) is 13.3. The van der Waals surface area contributed by atoms with Crippen molar-refractivity contribution < 1.29 is 44.0 Å². The zero-order valence-electron chi connectivity index (χ0n) is 24.2. The molecule has 4 aliphatic rings. The van der Waals surface area contributed by atoms with Crippen LogP contribution in [0, 0.1) is 16.7 Å². The molecule has 2 aliphatic heterocycles. The SMILES string of the molecule is C=C[C@@]1(C)CC(=O)[C@]2(O)C3(C)C(C(O)C(OC(=O)CCN4C(=O)c5ccccc5C4=O)[C@@]2(C)O1)C(C)(C)CC[C@@H]3O. The minimum Gasteiger partial charge on any atom is -0.456 e. The maximum absolute atomic E-state index is 14.0. The Hall–Kier alpha value is -2.92. The number of ketones is 1. The lowest BCUT2D eigenvalue weighted by Crippen LogP contribution is -2.86. The normalized spacial score (nSPS) is 41.4. The number of aliphatic hydroxyl groups excluding tert-OH is 2. The molecule has 5 rings (SSSR count). The number of ether oxygens (including phenoxy) is 2. The smallest absolute Gasteiger partial charge is 0.308 e. The van der Waals surface area contributed by atoms with Crippen molar-refractivity contribution in [2.24, 2.45) is 16.7 Å². The summed E-state index contributed by atoms with van der Waals surface area (Å²) in [6.07, 6.45) is -2.49. The van der Waals surface area contributed by atoms with E-state index in [0.29, 0.717) is 12.8 Å². The second kappa shape index (κ2) is 9.29. The van der Waals surface area contributed by atoms with E-state index in [1.165, 1.54) is 13.0 Å². The van der Waals surface area contributed by atoms with Crippen LogP contribution in [-0.4, -0.2) is 85.4 Å². The summed E-state index contributed by atoms with van der Waals surface area (Å²) in [5.74, 6) is -3.35. The quantitative estimate of drug-likeness (QED) is 0.275. The molecule has 1 saturated heterocycles. The average Bonchev–Trinajstić information content (AvgIpc) is 3.15. The number of hydrogen-bond donors (Lipinski definition) is 3. The first kappa shape index (κ1) is 29.6. The van der Waals surface area contributed by atoms with Crippen molar-refractivity contribution >= 4 is 23.6 Å². The first-order valence-electron chi connectivity index (χ1n) is 14.1. The summed E-state index contributed by atoms with van der Waals surface area (Å²) in [4.78, 5) is 53.8. The third-order valence-corrected chi connectivity index (χ3v) is 10.4. The number of Topliss-reactive ketones (excluding diaryl/α,β-unsaturated/α-hetero) is 1. The molecule has 10 nitrogen and oxygen atoms in total. The molecule has 0 bridgehead atoms. The highest BCUT2D eigenvalue weighted by molar-refractivity contribution is 6.21. The maximum atomic E-state index is 14.0. The van der Waals surface area contributed by atoms with E-state index < -0.39 is 75.4 Å². The third-order valence-electron chi connectivity index (χ3n) is 10.4. The zero-order chi connectivity index (χ0) is 30.3. The largest absolute Gasteiger partial charge is 0.456 e. The minimum absolute atomic E-state index is 0.228. The highest BCUT2D eigenvalue weighted by atomic mass is 16.6. The number of aliphatic hydroxyl groups is 3. The fourth-order valence-electron chi connectivity index (χ4n) is 8.33. The van der Waals surface area contributed by atoms with E-state index in [0.717, 1.165) is 4.90 Å². The molecule has 0 spiro atoms. The van der Waals surface area contributed by atoms with Crippen molar-refractivity contribution in [2.45, 2.75) is 95.4 Å². The Morgan fingerprint density at radius 2 is 1.68 bits per heavy atom. The van der Waals surface area contributed by atoms with Gasteiger partial charge in [-0.1, -0.05) is 39.0 Å². The van der Waals surface area contributed by atoms with E-state index in [-0.39, 0.29) is 30.5 Å². The van der Waals surface area contributed by atoms with Gasteiger partial charge in [0.05, 0.1) is 35.4 Å². The number of hydrogen-bond acceptors (Lipinski definition) is 9. The Labute approximate surface area is 239 Å². The minimum atomic E-state index is -2.34. The number of rotatable bonds is 5. The van der Waals surface area contributed by atoms with Crippen molar-refractivity contribution in [1.82, 2.24) is 4.90 Å². The molecular formula is C31H39NO9. The highest BCUT2D eigenvalue weighted by Gasteiger charge is 2.81. The maximum Gasteiger partial charge on any atom is 0.308 e.